The highest BCUT2D eigenvalue weighted by atomic mass is 35.5. The van der Waals surface area contributed by atoms with Gasteiger partial charge in [-0.25, -0.2) is 0 Å². The quantitative estimate of drug-likeness (QED) is 0.615. The fraction of sp³-hybridized carbons (Fsp3) is 0.545. The van der Waals surface area contributed by atoms with Gasteiger partial charge in [-0.05, 0) is 19.3 Å². The van der Waals surface area contributed by atoms with E-state index in [1.54, 1.807) is 17.7 Å². The number of hydrogen-bond acceptors (Lipinski definition) is 5. The summed E-state index contributed by atoms with van der Waals surface area (Å²) < 4.78 is 6.64. The average molecular weight is 270 g/mol. The molecule has 0 radical (unpaired) electrons. The van der Waals surface area contributed by atoms with Gasteiger partial charge in [-0.15, -0.1) is 0 Å². The van der Waals surface area contributed by atoms with Crippen molar-refractivity contribution in [2.45, 2.75) is 19.3 Å². The zero-order chi connectivity index (χ0) is 12.8. The Hall–Kier alpha value is -1.40. The Morgan fingerprint density at radius 3 is 3.11 bits per heavy atom. The molecule has 0 bridgehead atoms. The van der Waals surface area contributed by atoms with Crippen LogP contribution in [-0.4, -0.2) is 39.8 Å². The van der Waals surface area contributed by atoms with Crippen molar-refractivity contribution >= 4 is 23.2 Å². The van der Waals surface area contributed by atoms with Crippen molar-refractivity contribution in [3.8, 4) is 0 Å². The third-order valence-electron chi connectivity index (χ3n) is 2.55. The molecule has 1 N–H and O–H groups in total. The van der Waals surface area contributed by atoms with E-state index in [0.29, 0.717) is 10.9 Å². The van der Waals surface area contributed by atoms with Crippen LogP contribution in [0.3, 0.4) is 0 Å². The van der Waals surface area contributed by atoms with E-state index in [1.165, 1.54) is 6.33 Å². The van der Waals surface area contributed by atoms with Crippen LogP contribution in [0.1, 0.15) is 19.3 Å². The normalized spacial score (nSPS) is 11.0. The Kier molecular flexibility index (Phi) is 4.72. The molecule has 2 rings (SSSR count). The molecule has 0 atom stereocenters. The summed E-state index contributed by atoms with van der Waals surface area (Å²) in [5, 5.41) is 7.79. The van der Waals surface area contributed by atoms with Gasteiger partial charge in [-0.1, -0.05) is 11.6 Å². The number of fused-ring (bicyclic) bond motifs is 1. The summed E-state index contributed by atoms with van der Waals surface area (Å²) in [7, 11) is 1.72. The van der Waals surface area contributed by atoms with Crippen molar-refractivity contribution in [1.29, 1.82) is 0 Å². The lowest BCUT2D eigenvalue weighted by Gasteiger charge is -2.07. The molecular formula is C11H16ClN5O. The van der Waals surface area contributed by atoms with Crippen LogP contribution >= 0.6 is 11.6 Å². The predicted molar refractivity (Wildman–Crippen MR) is 70.0 cm³/mol. The van der Waals surface area contributed by atoms with E-state index in [9.17, 15) is 0 Å². The summed E-state index contributed by atoms with van der Waals surface area (Å²) in [6.45, 7) is 1.67. The first-order chi connectivity index (χ1) is 8.81. The lowest BCUT2D eigenvalue weighted by atomic mass is 10.2. The molecule has 0 aliphatic heterocycles. The van der Waals surface area contributed by atoms with Gasteiger partial charge in [0.1, 0.15) is 17.3 Å². The maximum atomic E-state index is 5.91. The van der Waals surface area contributed by atoms with E-state index in [-0.39, 0.29) is 0 Å². The van der Waals surface area contributed by atoms with Crippen LogP contribution in [0, 0.1) is 0 Å². The zero-order valence-electron chi connectivity index (χ0n) is 10.3. The van der Waals surface area contributed by atoms with Gasteiger partial charge in [-0.3, -0.25) is 0 Å². The number of nitrogens with zero attached hydrogens (tertiary/aromatic N) is 4. The van der Waals surface area contributed by atoms with Crippen molar-refractivity contribution in [3.63, 3.8) is 0 Å². The minimum absolute atomic E-state index is 0.414. The minimum atomic E-state index is 0.414. The summed E-state index contributed by atoms with van der Waals surface area (Å²) >= 11 is 5.91. The lowest BCUT2D eigenvalue weighted by molar-refractivity contribution is 0.192. The van der Waals surface area contributed by atoms with E-state index in [0.717, 1.165) is 38.2 Å². The van der Waals surface area contributed by atoms with Gasteiger partial charge in [0.05, 0.1) is 0 Å². The van der Waals surface area contributed by atoms with Crippen LogP contribution < -0.4 is 5.32 Å². The third kappa shape index (κ3) is 3.30. The molecule has 0 unspecified atom stereocenters. The summed E-state index contributed by atoms with van der Waals surface area (Å²) in [4.78, 5) is 8.07. The van der Waals surface area contributed by atoms with Crippen LogP contribution in [0.25, 0.3) is 5.78 Å². The molecule has 2 aromatic heterocycles. The topological polar surface area (TPSA) is 64.3 Å². The van der Waals surface area contributed by atoms with Gasteiger partial charge in [0, 0.05) is 26.3 Å². The van der Waals surface area contributed by atoms with Crippen molar-refractivity contribution in [2.75, 3.05) is 25.6 Å². The number of aromatic nitrogens is 4. The van der Waals surface area contributed by atoms with Gasteiger partial charge in [0.25, 0.3) is 5.78 Å². The van der Waals surface area contributed by atoms with Crippen LogP contribution in [0.4, 0.5) is 5.82 Å². The summed E-state index contributed by atoms with van der Waals surface area (Å²) in [6, 6.07) is 1.75. The molecule has 2 aromatic rings. The summed E-state index contributed by atoms with van der Waals surface area (Å²) in [6.07, 6.45) is 4.73. The maximum Gasteiger partial charge on any atom is 0.255 e. The Morgan fingerprint density at radius 1 is 1.39 bits per heavy atom. The van der Waals surface area contributed by atoms with Crippen LogP contribution in [-0.2, 0) is 4.74 Å². The first-order valence-corrected chi connectivity index (χ1v) is 6.28. The van der Waals surface area contributed by atoms with Crippen molar-refractivity contribution in [1.82, 2.24) is 19.6 Å². The Bertz CT molecular complexity index is 501. The van der Waals surface area contributed by atoms with E-state index in [2.05, 4.69) is 20.4 Å². The molecule has 2 heterocycles. The second-order valence-electron chi connectivity index (χ2n) is 3.92. The highest BCUT2D eigenvalue weighted by molar-refractivity contribution is 6.29. The average Bonchev–Trinajstić information content (AvgIpc) is 2.81. The summed E-state index contributed by atoms with van der Waals surface area (Å²) in [5.74, 6) is 1.32. The van der Waals surface area contributed by atoms with Crippen LogP contribution in [0.15, 0.2) is 12.4 Å². The number of nitrogens with one attached hydrogen (secondary N) is 1. The molecule has 7 heteroatoms. The molecule has 18 heavy (non-hydrogen) atoms. The first kappa shape index (κ1) is 13.0. The van der Waals surface area contributed by atoms with E-state index < -0.39 is 0 Å². The predicted octanol–water partition coefficient (Wildman–Crippen LogP) is 2.01. The van der Waals surface area contributed by atoms with Gasteiger partial charge in [-0.2, -0.15) is 19.6 Å². The first-order valence-electron chi connectivity index (χ1n) is 5.90. The Labute approximate surface area is 110 Å². The van der Waals surface area contributed by atoms with Crippen molar-refractivity contribution in [2.24, 2.45) is 0 Å². The van der Waals surface area contributed by atoms with Gasteiger partial charge < -0.3 is 10.1 Å². The Balaban J connectivity index is 1.89. The molecule has 0 fully saturated rings. The fourth-order valence-corrected chi connectivity index (χ4v) is 1.85. The van der Waals surface area contributed by atoms with Gasteiger partial charge >= 0.3 is 0 Å². The molecule has 98 valence electrons. The number of ether oxygens (including phenoxy) is 1. The maximum absolute atomic E-state index is 5.91. The molecule has 0 spiro atoms. The second-order valence-corrected chi connectivity index (χ2v) is 4.30. The number of hydrogen-bond donors (Lipinski definition) is 1. The standard InChI is InChI=1S/C11H16ClN5O/c1-18-6-4-2-3-5-13-10-7-9(12)16-11-14-8-15-17(10)11/h7-8,13H,2-6H2,1H3. The van der Waals surface area contributed by atoms with Crippen molar-refractivity contribution in [3.05, 3.63) is 17.5 Å². The third-order valence-corrected chi connectivity index (χ3v) is 2.75. The van der Waals surface area contributed by atoms with Crippen LogP contribution in [0.2, 0.25) is 5.15 Å². The largest absolute Gasteiger partial charge is 0.385 e. The molecule has 0 amide bonds. The fourth-order valence-electron chi connectivity index (χ4n) is 1.67. The van der Waals surface area contributed by atoms with E-state index >= 15 is 0 Å². The monoisotopic (exact) mass is 269 g/mol. The highest BCUT2D eigenvalue weighted by Crippen LogP contribution is 2.14. The number of unbranched alkanes of at least 4 members (excludes halogenated alkanes) is 2. The second kappa shape index (κ2) is 6.51. The summed E-state index contributed by atoms with van der Waals surface area (Å²) in [5.41, 5.74) is 0. The van der Waals surface area contributed by atoms with E-state index in [1.807, 2.05) is 0 Å². The molecule has 0 saturated carbocycles. The number of anilines is 1. The Morgan fingerprint density at radius 2 is 2.28 bits per heavy atom. The highest BCUT2D eigenvalue weighted by Gasteiger charge is 2.05. The molecule has 0 aromatic carbocycles. The molecule has 0 aliphatic rings. The molecule has 6 nitrogen and oxygen atoms in total. The molecule has 0 aliphatic carbocycles. The smallest absolute Gasteiger partial charge is 0.255 e. The number of methoxy groups -OCH3 is 1. The van der Waals surface area contributed by atoms with Gasteiger partial charge in [0.2, 0.25) is 0 Å². The zero-order valence-corrected chi connectivity index (χ0v) is 11.0. The minimum Gasteiger partial charge on any atom is -0.385 e. The number of rotatable bonds is 7. The molecule has 0 saturated heterocycles. The SMILES string of the molecule is COCCCCCNc1cc(Cl)nc2ncnn12. The number of halogens is 1. The molecular weight excluding hydrogens is 254 g/mol. The lowest BCUT2D eigenvalue weighted by Crippen LogP contribution is -2.08. The van der Waals surface area contributed by atoms with Gasteiger partial charge in [0.15, 0.2) is 0 Å². The van der Waals surface area contributed by atoms with E-state index in [4.69, 9.17) is 16.3 Å². The van der Waals surface area contributed by atoms with Crippen LogP contribution in [0.5, 0.6) is 0 Å². The van der Waals surface area contributed by atoms with Crippen molar-refractivity contribution < 1.29 is 4.74 Å².